The van der Waals surface area contributed by atoms with Crippen LogP contribution < -0.4 is 5.32 Å². The van der Waals surface area contributed by atoms with Gasteiger partial charge in [0.15, 0.2) is 11.6 Å². The average molecular weight is 462 g/mol. The molecule has 7 nitrogen and oxygen atoms in total. The van der Waals surface area contributed by atoms with Crippen LogP contribution in [0.4, 0.5) is 14.5 Å². The molecule has 0 unspecified atom stereocenters. The number of aromatic carboxylic acids is 2. The topological polar surface area (TPSA) is 124 Å². The highest BCUT2D eigenvalue weighted by Gasteiger charge is 2.23. The van der Waals surface area contributed by atoms with Crippen LogP contribution in [0.15, 0.2) is 48.5 Å². The number of aliphatic hydroxyl groups excluding tert-OH is 1. The Morgan fingerprint density at radius 2 is 1.44 bits per heavy atom. The quantitative estimate of drug-likeness (QED) is 0.430. The number of carboxylic acid groups (broad SMARTS) is 2. The second-order valence-corrected chi connectivity index (χ2v) is 7.01. The van der Waals surface area contributed by atoms with Gasteiger partial charge in [-0.25, -0.2) is 18.4 Å². The summed E-state index contributed by atoms with van der Waals surface area (Å²) < 4.78 is 26.8. The van der Waals surface area contributed by atoms with Crippen LogP contribution in [-0.4, -0.2) is 33.2 Å². The number of halogens is 3. The number of carboxylic acids is 2. The molecule has 1 amide bonds. The molecule has 0 saturated heterocycles. The molecule has 0 radical (unpaired) electrons. The third-order valence-electron chi connectivity index (χ3n) is 4.59. The van der Waals surface area contributed by atoms with E-state index in [-0.39, 0.29) is 16.3 Å². The molecular formula is C22H14ClF2NO6. The van der Waals surface area contributed by atoms with Crippen LogP contribution in [0.2, 0.25) is 5.02 Å². The highest BCUT2D eigenvalue weighted by atomic mass is 35.5. The van der Waals surface area contributed by atoms with Crippen molar-refractivity contribution in [1.82, 2.24) is 0 Å². The normalized spacial score (nSPS) is 10.6. The second kappa shape index (κ2) is 9.13. The lowest BCUT2D eigenvalue weighted by molar-refractivity contribution is 0.0692. The van der Waals surface area contributed by atoms with Gasteiger partial charge >= 0.3 is 11.9 Å². The summed E-state index contributed by atoms with van der Waals surface area (Å²) in [5.41, 5.74) is -0.472. The lowest BCUT2D eigenvalue weighted by atomic mass is 10.0. The van der Waals surface area contributed by atoms with Crippen molar-refractivity contribution in [2.24, 2.45) is 0 Å². The molecule has 0 bridgehead atoms. The number of benzene rings is 3. The fourth-order valence-corrected chi connectivity index (χ4v) is 3.22. The van der Waals surface area contributed by atoms with Crippen molar-refractivity contribution in [3.63, 3.8) is 0 Å². The first-order valence-electron chi connectivity index (χ1n) is 8.93. The molecule has 0 aromatic heterocycles. The van der Waals surface area contributed by atoms with Crippen LogP contribution in [0, 0.1) is 11.6 Å². The Morgan fingerprint density at radius 3 is 2.03 bits per heavy atom. The smallest absolute Gasteiger partial charge is 0.337 e. The Balaban J connectivity index is 2.04. The predicted octanol–water partition coefficient (Wildman–Crippen LogP) is 4.43. The maximum atomic E-state index is 13.6. The third kappa shape index (κ3) is 4.58. The number of hydrogen-bond donors (Lipinski definition) is 4. The Labute approximate surface area is 184 Å². The highest BCUT2D eigenvalue weighted by molar-refractivity contribution is 6.34. The Kier molecular flexibility index (Phi) is 6.52. The van der Waals surface area contributed by atoms with E-state index in [1.165, 1.54) is 24.3 Å². The first-order chi connectivity index (χ1) is 15.1. The maximum absolute atomic E-state index is 13.6. The molecule has 4 N–H and O–H groups in total. The minimum absolute atomic E-state index is 0.0782. The molecule has 0 saturated carbocycles. The minimum Gasteiger partial charge on any atom is -0.478 e. The summed E-state index contributed by atoms with van der Waals surface area (Å²) in [6.07, 6.45) is 0. The Hall–Kier alpha value is -3.82. The fraction of sp³-hybridized carbons (Fsp3) is 0.0455. The van der Waals surface area contributed by atoms with E-state index < -0.39 is 52.8 Å². The van der Waals surface area contributed by atoms with Crippen LogP contribution in [-0.2, 0) is 6.61 Å². The third-order valence-corrected chi connectivity index (χ3v) is 4.91. The van der Waals surface area contributed by atoms with E-state index in [2.05, 4.69) is 5.32 Å². The Bertz CT molecular complexity index is 1260. The number of aliphatic hydroxyl groups is 1. The van der Waals surface area contributed by atoms with E-state index in [0.29, 0.717) is 11.1 Å². The molecule has 10 heteroatoms. The Morgan fingerprint density at radius 1 is 0.812 bits per heavy atom. The van der Waals surface area contributed by atoms with Gasteiger partial charge in [-0.3, -0.25) is 4.79 Å². The standard InChI is InChI=1S/C22H14ClF2NO6/c23-16-8-13(14(21(29)30)7-15(16)22(31)32)20(28)26-19-6-11(1-2-12(19)9-27)10-3-4-17(24)18(25)5-10/h1-8,27H,9H2,(H,26,28)(H,29,30)(H,31,32). The monoisotopic (exact) mass is 461 g/mol. The average Bonchev–Trinajstić information content (AvgIpc) is 2.74. The van der Waals surface area contributed by atoms with Crippen molar-refractivity contribution in [3.8, 4) is 11.1 Å². The van der Waals surface area contributed by atoms with Crippen LogP contribution in [0.25, 0.3) is 11.1 Å². The molecule has 3 rings (SSSR count). The minimum atomic E-state index is -1.55. The summed E-state index contributed by atoms with van der Waals surface area (Å²) in [6.45, 7) is -0.488. The van der Waals surface area contributed by atoms with E-state index in [4.69, 9.17) is 16.7 Å². The first-order valence-corrected chi connectivity index (χ1v) is 9.31. The number of anilines is 1. The van der Waals surface area contributed by atoms with Crippen molar-refractivity contribution in [1.29, 1.82) is 0 Å². The molecule has 0 fully saturated rings. The number of rotatable bonds is 6. The summed E-state index contributed by atoms with van der Waals surface area (Å²) in [6, 6.07) is 9.28. The van der Waals surface area contributed by atoms with Crippen LogP contribution >= 0.6 is 11.6 Å². The van der Waals surface area contributed by atoms with E-state index >= 15 is 0 Å². The molecule has 3 aromatic rings. The van der Waals surface area contributed by atoms with Gasteiger partial charge in [0.25, 0.3) is 5.91 Å². The lowest BCUT2D eigenvalue weighted by Gasteiger charge is -2.14. The summed E-state index contributed by atoms with van der Waals surface area (Å²) in [5.74, 6) is -6.05. The molecule has 0 aliphatic rings. The van der Waals surface area contributed by atoms with Gasteiger partial charge in [0.2, 0.25) is 0 Å². The van der Waals surface area contributed by atoms with Crippen molar-refractivity contribution in [3.05, 3.63) is 87.4 Å². The molecule has 0 heterocycles. The van der Waals surface area contributed by atoms with Gasteiger partial charge in [-0.1, -0.05) is 29.8 Å². The molecule has 32 heavy (non-hydrogen) atoms. The SMILES string of the molecule is O=C(O)c1cc(C(=O)O)c(C(=O)Nc2cc(-c3ccc(F)c(F)c3)ccc2CO)cc1Cl. The van der Waals surface area contributed by atoms with Gasteiger partial charge in [0.1, 0.15) is 0 Å². The van der Waals surface area contributed by atoms with Crippen LogP contribution in [0.1, 0.15) is 36.6 Å². The fourth-order valence-electron chi connectivity index (χ4n) is 2.98. The van der Waals surface area contributed by atoms with Crippen LogP contribution in [0.5, 0.6) is 0 Å². The molecular weight excluding hydrogens is 448 g/mol. The number of nitrogens with one attached hydrogen (secondary N) is 1. The zero-order valence-corrected chi connectivity index (χ0v) is 16.8. The zero-order valence-electron chi connectivity index (χ0n) is 16.0. The van der Waals surface area contributed by atoms with Crippen molar-refractivity contribution < 1.29 is 38.5 Å². The van der Waals surface area contributed by atoms with Gasteiger partial charge in [-0.2, -0.15) is 0 Å². The van der Waals surface area contributed by atoms with E-state index in [0.717, 1.165) is 24.3 Å². The van der Waals surface area contributed by atoms with Crippen molar-refractivity contribution in [2.75, 3.05) is 5.32 Å². The van der Waals surface area contributed by atoms with Crippen LogP contribution in [0.3, 0.4) is 0 Å². The van der Waals surface area contributed by atoms with Gasteiger partial charge < -0.3 is 20.6 Å². The maximum Gasteiger partial charge on any atom is 0.337 e. The van der Waals surface area contributed by atoms with Gasteiger partial charge in [0.05, 0.1) is 28.3 Å². The molecule has 0 atom stereocenters. The zero-order chi connectivity index (χ0) is 23.6. The number of carbonyl (C=O) groups is 3. The second-order valence-electron chi connectivity index (χ2n) is 6.60. The van der Waals surface area contributed by atoms with Crippen molar-refractivity contribution >= 4 is 35.1 Å². The molecule has 164 valence electrons. The number of amides is 1. The van der Waals surface area contributed by atoms with Gasteiger partial charge in [0, 0.05) is 11.3 Å². The predicted molar refractivity (Wildman–Crippen MR) is 111 cm³/mol. The summed E-state index contributed by atoms with van der Waals surface area (Å²) >= 11 is 5.88. The van der Waals surface area contributed by atoms with Crippen molar-refractivity contribution in [2.45, 2.75) is 6.61 Å². The molecule has 0 aliphatic heterocycles. The molecule has 3 aromatic carbocycles. The summed E-state index contributed by atoms with van der Waals surface area (Å²) in [5, 5.41) is 30.2. The van der Waals surface area contributed by atoms with E-state index in [1.54, 1.807) is 0 Å². The largest absolute Gasteiger partial charge is 0.478 e. The first kappa shape index (κ1) is 22.9. The molecule has 0 aliphatic carbocycles. The number of carbonyl (C=O) groups excluding carboxylic acids is 1. The molecule has 0 spiro atoms. The highest BCUT2D eigenvalue weighted by Crippen LogP contribution is 2.29. The van der Waals surface area contributed by atoms with E-state index in [9.17, 15) is 33.4 Å². The summed E-state index contributed by atoms with van der Waals surface area (Å²) in [7, 11) is 0. The van der Waals surface area contributed by atoms with Gasteiger partial charge in [-0.05, 0) is 41.5 Å². The lowest BCUT2D eigenvalue weighted by Crippen LogP contribution is -2.18. The van der Waals surface area contributed by atoms with Gasteiger partial charge in [-0.15, -0.1) is 0 Å². The number of hydrogen-bond acceptors (Lipinski definition) is 4. The van der Waals surface area contributed by atoms with E-state index in [1.807, 2.05) is 0 Å². The summed E-state index contributed by atoms with van der Waals surface area (Å²) in [4.78, 5) is 35.6.